The molecular weight excluding hydrogens is 260 g/mol. The molecule has 1 N–H and O–H groups in total. The second-order valence-electron chi connectivity index (χ2n) is 4.17. The lowest BCUT2D eigenvalue weighted by molar-refractivity contribution is -0.384. The summed E-state index contributed by atoms with van der Waals surface area (Å²) >= 11 is 0. The van der Waals surface area contributed by atoms with Crippen molar-refractivity contribution >= 4 is 11.4 Å². The maximum atomic E-state index is 11.0. The van der Waals surface area contributed by atoms with Crippen molar-refractivity contribution in [3.05, 3.63) is 51.2 Å². The van der Waals surface area contributed by atoms with Gasteiger partial charge in [0, 0.05) is 0 Å². The molecule has 2 aromatic rings. The number of para-hydroxylation sites is 1. The molecule has 0 atom stereocenters. The van der Waals surface area contributed by atoms with E-state index in [9.17, 15) is 10.1 Å². The zero-order valence-corrected chi connectivity index (χ0v) is 11.0. The largest absolute Gasteiger partial charge is 0.444 e. The van der Waals surface area contributed by atoms with Crippen LogP contribution in [0.4, 0.5) is 11.4 Å². The minimum absolute atomic E-state index is 0.0137. The Morgan fingerprint density at radius 2 is 2.25 bits per heavy atom. The van der Waals surface area contributed by atoms with Crippen LogP contribution in [-0.2, 0) is 6.54 Å². The molecule has 7 heteroatoms. The van der Waals surface area contributed by atoms with Crippen molar-refractivity contribution in [3.8, 4) is 6.07 Å². The molecule has 0 unspecified atom stereocenters. The van der Waals surface area contributed by atoms with Crippen LogP contribution in [0.3, 0.4) is 0 Å². The third-order valence-corrected chi connectivity index (χ3v) is 2.84. The van der Waals surface area contributed by atoms with Crippen molar-refractivity contribution in [2.75, 3.05) is 5.32 Å². The van der Waals surface area contributed by atoms with Crippen LogP contribution in [-0.4, -0.2) is 9.91 Å². The molecule has 0 saturated heterocycles. The zero-order valence-electron chi connectivity index (χ0n) is 11.0. The number of hydrogen-bond donors (Lipinski definition) is 1. The Bertz CT molecular complexity index is 681. The Hall–Kier alpha value is -2.88. The van der Waals surface area contributed by atoms with Gasteiger partial charge in [0.15, 0.2) is 0 Å². The predicted octanol–water partition coefficient (Wildman–Crippen LogP) is 2.68. The van der Waals surface area contributed by atoms with Crippen LogP contribution in [0.1, 0.15) is 22.9 Å². The molecule has 0 saturated carbocycles. The maximum absolute atomic E-state index is 11.0. The smallest absolute Gasteiger partial charge is 0.309 e. The number of hydrogen-bond acceptors (Lipinski definition) is 6. The Labute approximate surface area is 115 Å². The molecule has 0 spiro atoms. The Morgan fingerprint density at radius 3 is 2.80 bits per heavy atom. The highest BCUT2D eigenvalue weighted by atomic mass is 16.6. The van der Waals surface area contributed by atoms with Gasteiger partial charge < -0.3 is 9.73 Å². The minimum atomic E-state index is -0.576. The van der Waals surface area contributed by atoms with E-state index in [-0.39, 0.29) is 23.5 Å². The molecule has 1 aromatic heterocycles. The van der Waals surface area contributed by atoms with Gasteiger partial charge in [-0.2, -0.15) is 5.26 Å². The summed E-state index contributed by atoms with van der Waals surface area (Å²) in [5, 5.41) is 22.8. The number of benzene rings is 1. The summed E-state index contributed by atoms with van der Waals surface area (Å²) in [6.45, 7) is 3.83. The van der Waals surface area contributed by atoms with Gasteiger partial charge in [0.05, 0.1) is 17.2 Å². The number of nitro groups is 1. The molecule has 0 bridgehead atoms. The fourth-order valence-electron chi connectivity index (χ4n) is 1.76. The number of anilines is 1. The molecule has 2 rings (SSSR count). The molecule has 1 aromatic carbocycles. The van der Waals surface area contributed by atoms with E-state index in [1.165, 1.54) is 6.07 Å². The highest BCUT2D eigenvalue weighted by Gasteiger charge is 2.19. The Balaban J connectivity index is 2.26. The third kappa shape index (κ3) is 2.59. The van der Waals surface area contributed by atoms with Gasteiger partial charge in [0.2, 0.25) is 5.89 Å². The Kier molecular flexibility index (Phi) is 3.66. The van der Waals surface area contributed by atoms with Crippen LogP contribution in [0.15, 0.2) is 22.6 Å². The van der Waals surface area contributed by atoms with Gasteiger partial charge in [0.1, 0.15) is 23.1 Å². The van der Waals surface area contributed by atoms with Gasteiger partial charge in [-0.15, -0.1) is 0 Å². The number of nitriles is 1. The number of nitrogens with zero attached hydrogens (tertiary/aromatic N) is 3. The molecule has 102 valence electrons. The first-order chi connectivity index (χ1) is 9.52. The maximum Gasteiger partial charge on any atom is 0.309 e. The zero-order chi connectivity index (χ0) is 14.7. The third-order valence-electron chi connectivity index (χ3n) is 2.84. The van der Waals surface area contributed by atoms with Gasteiger partial charge in [0.25, 0.3) is 0 Å². The SMILES string of the molecule is Cc1nc(CNc2cccc(C#N)c2[N+](=O)[O-])oc1C. The molecule has 0 aliphatic heterocycles. The van der Waals surface area contributed by atoms with Crippen molar-refractivity contribution in [2.24, 2.45) is 0 Å². The van der Waals surface area contributed by atoms with Crippen molar-refractivity contribution in [1.29, 1.82) is 5.26 Å². The van der Waals surface area contributed by atoms with Crippen LogP contribution in [0.2, 0.25) is 0 Å². The number of rotatable bonds is 4. The van der Waals surface area contributed by atoms with E-state index in [0.717, 1.165) is 5.69 Å². The van der Waals surface area contributed by atoms with E-state index in [2.05, 4.69) is 10.3 Å². The van der Waals surface area contributed by atoms with Crippen LogP contribution < -0.4 is 5.32 Å². The molecule has 0 radical (unpaired) electrons. The van der Waals surface area contributed by atoms with Gasteiger partial charge in [-0.05, 0) is 26.0 Å². The molecule has 1 heterocycles. The first kappa shape index (κ1) is 13.5. The summed E-state index contributed by atoms with van der Waals surface area (Å²) in [7, 11) is 0. The van der Waals surface area contributed by atoms with E-state index in [1.807, 2.05) is 13.0 Å². The van der Waals surface area contributed by atoms with Gasteiger partial charge >= 0.3 is 5.69 Å². The fourth-order valence-corrected chi connectivity index (χ4v) is 1.76. The van der Waals surface area contributed by atoms with Crippen LogP contribution >= 0.6 is 0 Å². The summed E-state index contributed by atoms with van der Waals surface area (Å²) < 4.78 is 5.38. The van der Waals surface area contributed by atoms with E-state index in [4.69, 9.17) is 9.68 Å². The lowest BCUT2D eigenvalue weighted by Crippen LogP contribution is -2.04. The van der Waals surface area contributed by atoms with E-state index in [1.54, 1.807) is 19.1 Å². The number of oxazole rings is 1. The van der Waals surface area contributed by atoms with Crippen LogP contribution in [0.25, 0.3) is 0 Å². The van der Waals surface area contributed by atoms with Crippen LogP contribution in [0.5, 0.6) is 0 Å². The molecule has 0 fully saturated rings. The summed E-state index contributed by atoms with van der Waals surface area (Å²) in [6, 6.07) is 6.34. The number of aryl methyl sites for hydroxylation is 2. The summed E-state index contributed by atoms with van der Waals surface area (Å²) in [5.41, 5.74) is 0.819. The second-order valence-corrected chi connectivity index (χ2v) is 4.17. The second kappa shape index (κ2) is 5.40. The highest BCUT2D eigenvalue weighted by Crippen LogP contribution is 2.28. The lowest BCUT2D eigenvalue weighted by atomic mass is 10.1. The Morgan fingerprint density at radius 1 is 1.50 bits per heavy atom. The van der Waals surface area contributed by atoms with E-state index in [0.29, 0.717) is 11.7 Å². The first-order valence-electron chi connectivity index (χ1n) is 5.87. The van der Waals surface area contributed by atoms with Gasteiger partial charge in [-0.25, -0.2) is 4.98 Å². The molecular formula is C13H12N4O3. The van der Waals surface area contributed by atoms with Crippen molar-refractivity contribution in [1.82, 2.24) is 4.98 Å². The molecule has 0 aliphatic carbocycles. The topological polar surface area (TPSA) is 105 Å². The van der Waals surface area contributed by atoms with E-state index < -0.39 is 4.92 Å². The van der Waals surface area contributed by atoms with Crippen LogP contribution in [0, 0.1) is 35.3 Å². The van der Waals surface area contributed by atoms with E-state index >= 15 is 0 Å². The lowest BCUT2D eigenvalue weighted by Gasteiger charge is -2.05. The standard InChI is InChI=1S/C13H12N4O3/c1-8-9(2)20-12(16-8)7-15-11-5-3-4-10(6-14)13(11)17(18)19/h3-5,15H,7H2,1-2H3. The van der Waals surface area contributed by atoms with Crippen molar-refractivity contribution < 1.29 is 9.34 Å². The predicted molar refractivity (Wildman–Crippen MR) is 71.1 cm³/mol. The fraction of sp³-hybridized carbons (Fsp3) is 0.231. The molecule has 0 aliphatic rings. The normalized spacial score (nSPS) is 10.1. The highest BCUT2D eigenvalue weighted by molar-refractivity contribution is 5.68. The molecule has 7 nitrogen and oxygen atoms in total. The summed E-state index contributed by atoms with van der Waals surface area (Å²) in [5.74, 6) is 1.15. The van der Waals surface area contributed by atoms with Crippen molar-refractivity contribution in [2.45, 2.75) is 20.4 Å². The van der Waals surface area contributed by atoms with Gasteiger partial charge in [-0.3, -0.25) is 10.1 Å². The molecule has 20 heavy (non-hydrogen) atoms. The monoisotopic (exact) mass is 272 g/mol. The number of nitrogens with one attached hydrogen (secondary N) is 1. The molecule has 0 amide bonds. The van der Waals surface area contributed by atoms with Crippen molar-refractivity contribution in [3.63, 3.8) is 0 Å². The van der Waals surface area contributed by atoms with Gasteiger partial charge in [-0.1, -0.05) is 6.07 Å². The average molecular weight is 272 g/mol. The summed E-state index contributed by atoms with van der Waals surface area (Å²) in [4.78, 5) is 14.6. The summed E-state index contributed by atoms with van der Waals surface area (Å²) in [6.07, 6.45) is 0. The number of aromatic nitrogens is 1. The quantitative estimate of drug-likeness (QED) is 0.677. The first-order valence-corrected chi connectivity index (χ1v) is 5.87. The number of nitro benzene ring substituents is 1. The average Bonchev–Trinajstić information content (AvgIpc) is 2.74. The minimum Gasteiger partial charge on any atom is -0.444 e.